The van der Waals surface area contributed by atoms with Crippen LogP contribution >= 0.6 is 0 Å². The van der Waals surface area contributed by atoms with Gasteiger partial charge in [-0.15, -0.1) is 0 Å². The smallest absolute Gasteiger partial charge is 0.216 e. The third-order valence-corrected chi connectivity index (χ3v) is 6.54. The van der Waals surface area contributed by atoms with Gasteiger partial charge in [0.15, 0.2) is 0 Å². The molecule has 2 atom stereocenters. The van der Waals surface area contributed by atoms with Crippen LogP contribution in [0.5, 0.6) is 0 Å². The molecule has 1 aliphatic heterocycles. The van der Waals surface area contributed by atoms with Crippen LogP contribution < -0.4 is 0 Å². The summed E-state index contributed by atoms with van der Waals surface area (Å²) in [5.74, 6) is 0.229. The van der Waals surface area contributed by atoms with Crippen molar-refractivity contribution in [3.63, 3.8) is 0 Å². The molecule has 0 N–H and O–H groups in total. The molecule has 1 heterocycles. The van der Waals surface area contributed by atoms with E-state index in [1.54, 1.807) is 18.2 Å². The van der Waals surface area contributed by atoms with E-state index in [9.17, 15) is 13.2 Å². The van der Waals surface area contributed by atoms with Crippen LogP contribution in [-0.2, 0) is 14.8 Å². The number of carbonyl (C=O) groups excluding carboxylic acids is 1. The molecule has 2 rings (SSSR count). The molecule has 5 heteroatoms. The van der Waals surface area contributed by atoms with Crippen molar-refractivity contribution in [1.29, 1.82) is 0 Å². The molecule has 0 aromatic heterocycles. The van der Waals surface area contributed by atoms with Gasteiger partial charge in [-0.2, -0.15) is 4.31 Å². The van der Waals surface area contributed by atoms with Gasteiger partial charge in [0.2, 0.25) is 10.0 Å². The van der Waals surface area contributed by atoms with E-state index in [1.165, 1.54) is 0 Å². The average Bonchev–Trinajstić information content (AvgIpc) is 2.78. The van der Waals surface area contributed by atoms with Gasteiger partial charge < -0.3 is 0 Å². The first-order valence-corrected chi connectivity index (χ1v) is 8.48. The van der Waals surface area contributed by atoms with Crippen LogP contribution in [0.4, 0.5) is 0 Å². The summed E-state index contributed by atoms with van der Waals surface area (Å²) in [5, 5.41) is -0.392. The molecule has 4 nitrogen and oxygen atoms in total. The molecule has 1 saturated heterocycles. The van der Waals surface area contributed by atoms with Crippen LogP contribution in [0.3, 0.4) is 0 Å². The molecule has 1 saturated carbocycles. The molecule has 0 amide bonds. The Balaban J connectivity index is 2.19. The third-order valence-electron chi connectivity index (χ3n) is 4.24. The maximum Gasteiger partial charge on any atom is 0.216 e. The minimum atomic E-state index is -3.22. The van der Waals surface area contributed by atoms with E-state index in [0.717, 1.165) is 32.1 Å². The van der Waals surface area contributed by atoms with E-state index in [1.807, 2.05) is 0 Å². The first kappa shape index (κ1) is 14.0. The standard InChI is InChI=1S/C13H23NO3S/c1-10(2)18(16,17)14-9-5-7-12(14)11-6-3-4-8-13(11)15/h10-12H,3-9H2,1-2H3. The highest BCUT2D eigenvalue weighted by Crippen LogP contribution is 2.34. The Bertz CT molecular complexity index is 416. The highest BCUT2D eigenvalue weighted by atomic mass is 32.2. The average molecular weight is 273 g/mol. The largest absolute Gasteiger partial charge is 0.299 e. The first-order chi connectivity index (χ1) is 8.44. The fraction of sp³-hybridized carbons (Fsp3) is 0.923. The summed E-state index contributed by atoms with van der Waals surface area (Å²) < 4.78 is 26.2. The van der Waals surface area contributed by atoms with E-state index >= 15 is 0 Å². The Morgan fingerprint density at radius 1 is 1.17 bits per heavy atom. The summed E-state index contributed by atoms with van der Waals surface area (Å²) in [7, 11) is -3.22. The van der Waals surface area contributed by atoms with Crippen LogP contribution in [0.2, 0.25) is 0 Å². The molecule has 0 aromatic carbocycles. The lowest BCUT2D eigenvalue weighted by molar-refractivity contribution is -0.126. The van der Waals surface area contributed by atoms with Crippen LogP contribution in [0.1, 0.15) is 52.4 Å². The maximum absolute atomic E-state index is 12.3. The highest BCUT2D eigenvalue weighted by molar-refractivity contribution is 7.89. The normalized spacial score (nSPS) is 31.2. The summed E-state index contributed by atoms with van der Waals surface area (Å²) >= 11 is 0. The number of hydrogen-bond acceptors (Lipinski definition) is 3. The minimum Gasteiger partial charge on any atom is -0.299 e. The number of carbonyl (C=O) groups is 1. The fourth-order valence-electron chi connectivity index (χ4n) is 3.17. The second-order valence-corrected chi connectivity index (χ2v) is 8.17. The predicted octanol–water partition coefficient (Wildman–Crippen LogP) is 1.95. The molecule has 0 bridgehead atoms. The van der Waals surface area contributed by atoms with Crippen molar-refractivity contribution in [3.8, 4) is 0 Å². The van der Waals surface area contributed by atoms with Gasteiger partial charge in [-0.05, 0) is 39.5 Å². The van der Waals surface area contributed by atoms with Gasteiger partial charge in [0, 0.05) is 24.9 Å². The fourth-order valence-corrected chi connectivity index (χ4v) is 4.73. The van der Waals surface area contributed by atoms with Crippen LogP contribution in [0.15, 0.2) is 0 Å². The van der Waals surface area contributed by atoms with E-state index < -0.39 is 15.3 Å². The zero-order valence-electron chi connectivity index (χ0n) is 11.3. The number of hydrogen-bond donors (Lipinski definition) is 0. The molecule has 2 unspecified atom stereocenters. The third kappa shape index (κ3) is 2.48. The summed E-state index contributed by atoms with van der Waals surface area (Å²) in [5.41, 5.74) is 0. The highest BCUT2D eigenvalue weighted by Gasteiger charge is 2.42. The number of ketones is 1. The Morgan fingerprint density at radius 2 is 1.89 bits per heavy atom. The van der Waals surface area contributed by atoms with E-state index in [0.29, 0.717) is 13.0 Å². The number of sulfonamides is 1. The Labute approximate surface area is 110 Å². The lowest BCUT2D eigenvalue weighted by Gasteiger charge is -2.33. The summed E-state index contributed by atoms with van der Waals surface area (Å²) in [4.78, 5) is 12.0. The Kier molecular flexibility index (Phi) is 4.11. The van der Waals surface area contributed by atoms with Crippen molar-refractivity contribution in [1.82, 2.24) is 4.31 Å². The van der Waals surface area contributed by atoms with E-state index in [-0.39, 0.29) is 17.7 Å². The molecule has 2 fully saturated rings. The van der Waals surface area contributed by atoms with Gasteiger partial charge in [0.05, 0.1) is 5.25 Å². The predicted molar refractivity (Wildman–Crippen MR) is 70.7 cm³/mol. The van der Waals surface area contributed by atoms with Gasteiger partial charge >= 0.3 is 0 Å². The Morgan fingerprint density at radius 3 is 2.50 bits per heavy atom. The van der Waals surface area contributed by atoms with Crippen molar-refractivity contribution in [2.45, 2.75) is 63.7 Å². The summed E-state index contributed by atoms with van der Waals surface area (Å²) in [6.45, 7) is 4.02. The maximum atomic E-state index is 12.3. The first-order valence-electron chi connectivity index (χ1n) is 6.98. The Hall–Kier alpha value is -0.420. The lowest BCUT2D eigenvalue weighted by Crippen LogP contribution is -2.46. The number of Topliss-reactive ketones (excluding diaryl/α,β-unsaturated/α-hetero) is 1. The monoisotopic (exact) mass is 273 g/mol. The van der Waals surface area contributed by atoms with Gasteiger partial charge in [0.1, 0.15) is 5.78 Å². The SMILES string of the molecule is CC(C)S(=O)(=O)N1CCCC1C1CCCCC1=O. The van der Waals surface area contributed by atoms with Crippen LogP contribution in [0, 0.1) is 5.92 Å². The quantitative estimate of drug-likeness (QED) is 0.789. The molecule has 104 valence electrons. The van der Waals surface area contributed by atoms with Crippen molar-refractivity contribution in [2.24, 2.45) is 5.92 Å². The van der Waals surface area contributed by atoms with Crippen molar-refractivity contribution in [2.75, 3.05) is 6.54 Å². The molecule has 0 aromatic rings. The van der Waals surface area contributed by atoms with Gasteiger partial charge in [0.25, 0.3) is 0 Å². The zero-order chi connectivity index (χ0) is 13.3. The van der Waals surface area contributed by atoms with Crippen molar-refractivity contribution < 1.29 is 13.2 Å². The molecule has 0 spiro atoms. The zero-order valence-corrected chi connectivity index (χ0v) is 12.1. The minimum absolute atomic E-state index is 0.0465. The molecule has 2 aliphatic rings. The molecule has 18 heavy (non-hydrogen) atoms. The summed E-state index contributed by atoms with van der Waals surface area (Å²) in [6.07, 6.45) is 5.27. The van der Waals surface area contributed by atoms with Crippen molar-refractivity contribution >= 4 is 15.8 Å². The van der Waals surface area contributed by atoms with Gasteiger partial charge in [-0.25, -0.2) is 8.42 Å². The van der Waals surface area contributed by atoms with Crippen LogP contribution in [-0.4, -0.2) is 36.3 Å². The summed E-state index contributed by atoms with van der Waals surface area (Å²) in [6, 6.07) is -0.0646. The van der Waals surface area contributed by atoms with Crippen LogP contribution in [0.25, 0.3) is 0 Å². The van der Waals surface area contributed by atoms with E-state index in [4.69, 9.17) is 0 Å². The van der Waals surface area contributed by atoms with Gasteiger partial charge in [-0.3, -0.25) is 4.79 Å². The van der Waals surface area contributed by atoms with Crippen molar-refractivity contribution in [3.05, 3.63) is 0 Å². The molecular weight excluding hydrogens is 250 g/mol. The second-order valence-electron chi connectivity index (χ2n) is 5.73. The van der Waals surface area contributed by atoms with E-state index in [2.05, 4.69) is 0 Å². The molecule has 0 radical (unpaired) electrons. The van der Waals surface area contributed by atoms with Gasteiger partial charge in [-0.1, -0.05) is 6.42 Å². The molecule has 1 aliphatic carbocycles. The lowest BCUT2D eigenvalue weighted by atomic mass is 9.82. The topological polar surface area (TPSA) is 54.5 Å². The second kappa shape index (κ2) is 5.29. The number of nitrogens with zero attached hydrogens (tertiary/aromatic N) is 1. The number of rotatable bonds is 3. The molecular formula is C13H23NO3S.